The summed E-state index contributed by atoms with van der Waals surface area (Å²) in [5, 5.41) is 0. The minimum atomic E-state index is -4.72. The Balaban J connectivity index is 1.28. The lowest BCUT2D eigenvalue weighted by molar-refractivity contribution is -0.274. The number of alkyl halides is 3. The molecule has 32 heavy (non-hydrogen) atoms. The van der Waals surface area contributed by atoms with Gasteiger partial charge < -0.3 is 23.8 Å². The summed E-state index contributed by atoms with van der Waals surface area (Å²) in [5.41, 5.74) is 1.18. The van der Waals surface area contributed by atoms with Crippen LogP contribution in [-0.2, 0) is 15.1 Å². The number of carbonyl (C=O) groups excluding carboxylic acids is 1. The largest absolute Gasteiger partial charge is 0.573 e. The molecule has 1 amide bonds. The van der Waals surface area contributed by atoms with Gasteiger partial charge in [0.05, 0.1) is 13.2 Å². The molecule has 2 fully saturated rings. The van der Waals surface area contributed by atoms with Gasteiger partial charge in [-0.2, -0.15) is 0 Å². The molecule has 2 aromatic carbocycles. The van der Waals surface area contributed by atoms with Crippen LogP contribution in [0, 0.1) is 0 Å². The molecule has 6 nitrogen and oxygen atoms in total. The van der Waals surface area contributed by atoms with E-state index in [1.54, 1.807) is 12.0 Å². The molecule has 4 rings (SSSR count). The normalized spacial score (nSPS) is 18.7. The van der Waals surface area contributed by atoms with Gasteiger partial charge in [-0.15, -0.1) is 13.2 Å². The third-order valence-electron chi connectivity index (χ3n) is 5.81. The van der Waals surface area contributed by atoms with Crippen LogP contribution < -0.4 is 9.47 Å². The van der Waals surface area contributed by atoms with E-state index in [-0.39, 0.29) is 17.8 Å². The molecule has 0 unspecified atom stereocenters. The van der Waals surface area contributed by atoms with Crippen molar-refractivity contribution in [2.45, 2.75) is 30.9 Å². The molecule has 2 saturated heterocycles. The number of piperidine rings is 1. The molecule has 0 spiro atoms. The monoisotopic (exact) mass is 451 g/mol. The molecule has 0 bridgehead atoms. The zero-order chi connectivity index (χ0) is 22.8. The summed E-state index contributed by atoms with van der Waals surface area (Å²) in [6, 6.07) is 12.7. The van der Waals surface area contributed by atoms with Crippen molar-refractivity contribution in [1.82, 2.24) is 4.90 Å². The zero-order valence-corrected chi connectivity index (χ0v) is 17.6. The smallest absolute Gasteiger partial charge is 0.490 e. The van der Waals surface area contributed by atoms with E-state index in [4.69, 9.17) is 14.2 Å². The summed E-state index contributed by atoms with van der Waals surface area (Å²) >= 11 is 0. The Kier molecular flexibility index (Phi) is 6.30. The lowest BCUT2D eigenvalue weighted by Gasteiger charge is -2.40. The number of methoxy groups -OCH3 is 1. The number of carbonyl (C=O) groups is 1. The van der Waals surface area contributed by atoms with Crippen LogP contribution in [0.2, 0.25) is 0 Å². The second kappa shape index (κ2) is 8.99. The zero-order valence-electron chi connectivity index (χ0n) is 17.6. The molecule has 0 aromatic heterocycles. The first-order valence-corrected chi connectivity index (χ1v) is 10.3. The Morgan fingerprint density at radius 1 is 1.00 bits per heavy atom. The third kappa shape index (κ3) is 4.99. The molecule has 2 aliphatic heterocycles. The topological polar surface area (TPSA) is 57.2 Å². The van der Waals surface area contributed by atoms with Gasteiger partial charge in [-0.1, -0.05) is 12.1 Å². The van der Waals surface area contributed by atoms with Crippen molar-refractivity contribution in [1.29, 1.82) is 0 Å². The predicted molar refractivity (Wildman–Crippen MR) is 109 cm³/mol. The number of hydrogen-bond donors (Lipinski definition) is 0. The predicted octanol–water partition coefficient (Wildman–Crippen LogP) is 4.14. The average molecular weight is 451 g/mol. The van der Waals surface area contributed by atoms with Crippen LogP contribution >= 0.6 is 0 Å². The van der Waals surface area contributed by atoms with Gasteiger partial charge in [0, 0.05) is 38.6 Å². The Morgan fingerprint density at radius 2 is 1.59 bits per heavy atom. The first-order valence-electron chi connectivity index (χ1n) is 10.3. The number of hydrogen-bond acceptors (Lipinski definition) is 5. The number of halogens is 3. The third-order valence-corrected chi connectivity index (χ3v) is 5.81. The first-order chi connectivity index (χ1) is 15.3. The van der Waals surface area contributed by atoms with Crippen molar-refractivity contribution < 1.29 is 36.9 Å². The van der Waals surface area contributed by atoms with Crippen molar-refractivity contribution in [3.05, 3.63) is 59.7 Å². The molecule has 0 N–H and O–H groups in total. The maximum Gasteiger partial charge on any atom is 0.573 e. The van der Waals surface area contributed by atoms with Crippen LogP contribution in [0.4, 0.5) is 13.2 Å². The van der Waals surface area contributed by atoms with E-state index < -0.39 is 12.0 Å². The van der Waals surface area contributed by atoms with Crippen LogP contribution in [0.5, 0.6) is 11.5 Å². The molecule has 0 aliphatic carbocycles. The second-order valence-corrected chi connectivity index (χ2v) is 7.90. The second-order valence-electron chi connectivity index (χ2n) is 7.90. The highest BCUT2D eigenvalue weighted by atomic mass is 19.4. The number of nitrogens with zero attached hydrogens (tertiary/aromatic N) is 1. The maximum absolute atomic E-state index is 12.9. The van der Waals surface area contributed by atoms with Gasteiger partial charge in [0.25, 0.3) is 5.91 Å². The quantitative estimate of drug-likeness (QED) is 0.661. The van der Waals surface area contributed by atoms with Crippen molar-refractivity contribution in [3.8, 4) is 11.5 Å². The Bertz CT molecular complexity index is 913. The van der Waals surface area contributed by atoms with Crippen LogP contribution in [-0.4, -0.2) is 56.7 Å². The molecule has 0 atom stereocenters. The summed E-state index contributed by atoms with van der Waals surface area (Å²) in [6.07, 6.45) is -3.57. The van der Waals surface area contributed by atoms with E-state index in [9.17, 15) is 18.0 Å². The summed E-state index contributed by atoms with van der Waals surface area (Å²) in [4.78, 5) is 14.6. The van der Waals surface area contributed by atoms with E-state index in [0.29, 0.717) is 50.5 Å². The van der Waals surface area contributed by atoms with E-state index >= 15 is 0 Å². The van der Waals surface area contributed by atoms with Gasteiger partial charge >= 0.3 is 6.36 Å². The molecule has 0 saturated carbocycles. The summed E-state index contributed by atoms with van der Waals surface area (Å²) < 4.78 is 57.3. The first kappa shape index (κ1) is 22.4. The lowest BCUT2D eigenvalue weighted by Crippen LogP contribution is -2.48. The number of rotatable bonds is 6. The van der Waals surface area contributed by atoms with E-state index in [2.05, 4.69) is 4.74 Å². The molecular formula is C23H24F3NO5. The Labute approximate surface area is 183 Å². The highest BCUT2D eigenvalue weighted by Gasteiger charge is 2.40. The van der Waals surface area contributed by atoms with Crippen LogP contribution in [0.1, 0.15) is 28.8 Å². The van der Waals surface area contributed by atoms with E-state index in [0.717, 1.165) is 5.56 Å². The number of benzene rings is 2. The van der Waals surface area contributed by atoms with Crippen LogP contribution in [0.3, 0.4) is 0 Å². The Hall–Kier alpha value is -2.78. The molecule has 2 heterocycles. The van der Waals surface area contributed by atoms with Crippen molar-refractivity contribution in [3.63, 3.8) is 0 Å². The van der Waals surface area contributed by atoms with Gasteiger partial charge in [0.1, 0.15) is 23.2 Å². The molecule has 9 heteroatoms. The minimum absolute atomic E-state index is 0.0417. The molecule has 172 valence electrons. The van der Waals surface area contributed by atoms with Gasteiger partial charge in [-0.3, -0.25) is 4.79 Å². The van der Waals surface area contributed by atoms with Gasteiger partial charge in [0.2, 0.25) is 0 Å². The summed E-state index contributed by atoms with van der Waals surface area (Å²) in [6.45, 7) is 2.08. The van der Waals surface area contributed by atoms with Crippen LogP contribution in [0.25, 0.3) is 0 Å². The number of amides is 1. The van der Waals surface area contributed by atoms with Gasteiger partial charge in [-0.25, -0.2) is 0 Å². The fraction of sp³-hybridized carbons (Fsp3) is 0.435. The Morgan fingerprint density at radius 3 is 2.09 bits per heavy atom. The van der Waals surface area contributed by atoms with Gasteiger partial charge in [-0.05, 0) is 42.0 Å². The summed E-state index contributed by atoms with van der Waals surface area (Å²) in [5.74, 6) is 0.129. The molecule has 0 radical (unpaired) electrons. The molecule has 2 aromatic rings. The number of ether oxygens (including phenoxy) is 4. The van der Waals surface area contributed by atoms with E-state index in [1.807, 2.05) is 24.3 Å². The maximum atomic E-state index is 12.9. The molecule has 2 aliphatic rings. The van der Waals surface area contributed by atoms with Crippen molar-refractivity contribution >= 4 is 5.91 Å². The average Bonchev–Trinajstić information content (AvgIpc) is 2.74. The lowest BCUT2D eigenvalue weighted by atomic mass is 9.91. The minimum Gasteiger partial charge on any atom is -0.490 e. The molecular weight excluding hydrogens is 427 g/mol. The highest BCUT2D eigenvalue weighted by Crippen LogP contribution is 2.33. The van der Waals surface area contributed by atoms with Crippen molar-refractivity contribution in [2.24, 2.45) is 0 Å². The fourth-order valence-electron chi connectivity index (χ4n) is 3.88. The standard InChI is InChI=1S/C23H24F3NO5/c1-29-22(14-30-15-22)17-4-2-16(3-5-17)21(28)27-12-10-19(11-13-27)31-18-6-8-20(9-7-18)32-23(24,25)26/h2-9,19H,10-15H2,1H3. The van der Waals surface area contributed by atoms with E-state index in [1.165, 1.54) is 24.3 Å². The summed E-state index contributed by atoms with van der Waals surface area (Å²) in [7, 11) is 1.65. The van der Waals surface area contributed by atoms with Crippen molar-refractivity contribution in [2.75, 3.05) is 33.4 Å². The van der Waals surface area contributed by atoms with Crippen LogP contribution in [0.15, 0.2) is 48.5 Å². The van der Waals surface area contributed by atoms with Gasteiger partial charge in [0.15, 0.2) is 0 Å². The SMILES string of the molecule is COC1(c2ccc(C(=O)N3CCC(Oc4ccc(OC(F)(F)F)cc4)CC3)cc2)COC1. The fourth-order valence-corrected chi connectivity index (χ4v) is 3.88. The number of likely N-dealkylation sites (tertiary alicyclic amines) is 1. The highest BCUT2D eigenvalue weighted by molar-refractivity contribution is 5.94.